The number of rotatable bonds is 1. The van der Waals surface area contributed by atoms with Crippen molar-refractivity contribution in [3.05, 3.63) is 11.9 Å². The molecule has 7 nitrogen and oxygen atoms in total. The standard InChI is InChI=1S/C15H23N5O2/c1-15(2,3)22-14(21)20-8-6-19(7-9-20)13-11-4-5-16-12(11)17-10-18-13/h10H,4-9H2,1-3H3,(H,16,17,18). The number of anilines is 2. The Morgan fingerprint density at radius 2 is 1.95 bits per heavy atom. The summed E-state index contributed by atoms with van der Waals surface area (Å²) in [7, 11) is 0. The molecule has 0 radical (unpaired) electrons. The van der Waals surface area contributed by atoms with Crippen LogP contribution in [0.5, 0.6) is 0 Å². The maximum Gasteiger partial charge on any atom is 0.410 e. The predicted octanol–water partition coefficient (Wildman–Crippen LogP) is 1.50. The molecule has 0 aromatic carbocycles. The van der Waals surface area contributed by atoms with Crippen molar-refractivity contribution in [2.45, 2.75) is 32.8 Å². The minimum Gasteiger partial charge on any atom is -0.444 e. The van der Waals surface area contributed by atoms with Crippen LogP contribution in [0.2, 0.25) is 0 Å². The van der Waals surface area contributed by atoms with Crippen LogP contribution in [0, 0.1) is 0 Å². The summed E-state index contributed by atoms with van der Waals surface area (Å²) in [6.45, 7) is 9.42. The number of nitrogens with zero attached hydrogens (tertiary/aromatic N) is 4. The van der Waals surface area contributed by atoms with E-state index in [1.807, 2.05) is 20.8 Å². The molecule has 1 aromatic heterocycles. The van der Waals surface area contributed by atoms with Crippen LogP contribution in [0.1, 0.15) is 26.3 Å². The number of fused-ring (bicyclic) bond motifs is 1. The third kappa shape index (κ3) is 3.08. The Kier molecular flexibility index (Phi) is 3.80. The summed E-state index contributed by atoms with van der Waals surface area (Å²) in [5.41, 5.74) is 0.737. The first-order valence-corrected chi connectivity index (χ1v) is 7.75. The molecular formula is C15H23N5O2. The molecule has 2 aliphatic rings. The van der Waals surface area contributed by atoms with Crippen molar-refractivity contribution >= 4 is 17.7 Å². The first-order chi connectivity index (χ1) is 10.4. The molecule has 0 atom stereocenters. The number of ether oxygens (including phenoxy) is 1. The largest absolute Gasteiger partial charge is 0.444 e. The summed E-state index contributed by atoms with van der Waals surface area (Å²) in [6, 6.07) is 0. The van der Waals surface area contributed by atoms with Gasteiger partial charge < -0.3 is 19.9 Å². The molecule has 0 unspecified atom stereocenters. The molecule has 1 fully saturated rings. The summed E-state index contributed by atoms with van der Waals surface area (Å²) in [6.07, 6.45) is 2.33. The monoisotopic (exact) mass is 305 g/mol. The number of piperazine rings is 1. The van der Waals surface area contributed by atoms with Crippen LogP contribution in [0.25, 0.3) is 0 Å². The van der Waals surface area contributed by atoms with Crippen LogP contribution in [-0.4, -0.2) is 59.3 Å². The minimum absolute atomic E-state index is 0.235. The zero-order chi connectivity index (χ0) is 15.7. The van der Waals surface area contributed by atoms with Gasteiger partial charge in [0, 0.05) is 38.3 Å². The average Bonchev–Trinajstić information content (AvgIpc) is 2.94. The number of hydrogen-bond donors (Lipinski definition) is 1. The lowest BCUT2D eigenvalue weighted by molar-refractivity contribution is 0.0240. The fourth-order valence-electron chi connectivity index (χ4n) is 2.79. The second-order valence-electron chi connectivity index (χ2n) is 6.66. The lowest BCUT2D eigenvalue weighted by atomic mass is 10.2. The van der Waals surface area contributed by atoms with E-state index in [1.165, 1.54) is 5.56 Å². The van der Waals surface area contributed by atoms with Gasteiger partial charge in [-0.05, 0) is 27.2 Å². The molecule has 1 saturated heterocycles. The van der Waals surface area contributed by atoms with Gasteiger partial charge in [-0.2, -0.15) is 0 Å². The number of carbonyl (C=O) groups excluding carboxylic acids is 1. The van der Waals surface area contributed by atoms with Gasteiger partial charge in [0.25, 0.3) is 0 Å². The van der Waals surface area contributed by atoms with E-state index in [1.54, 1.807) is 11.2 Å². The van der Waals surface area contributed by atoms with E-state index in [0.29, 0.717) is 13.1 Å². The number of hydrogen-bond acceptors (Lipinski definition) is 6. The van der Waals surface area contributed by atoms with Gasteiger partial charge in [0.05, 0.1) is 0 Å². The molecule has 0 bridgehead atoms. The quantitative estimate of drug-likeness (QED) is 0.848. The molecule has 1 N–H and O–H groups in total. The smallest absolute Gasteiger partial charge is 0.410 e. The first-order valence-electron chi connectivity index (χ1n) is 7.75. The predicted molar refractivity (Wildman–Crippen MR) is 84.2 cm³/mol. The Morgan fingerprint density at radius 3 is 2.64 bits per heavy atom. The zero-order valence-corrected chi connectivity index (χ0v) is 13.4. The minimum atomic E-state index is -0.451. The fraction of sp³-hybridized carbons (Fsp3) is 0.667. The first kappa shape index (κ1) is 14.9. The highest BCUT2D eigenvalue weighted by molar-refractivity contribution is 5.69. The van der Waals surface area contributed by atoms with Gasteiger partial charge in [-0.1, -0.05) is 0 Å². The second-order valence-corrected chi connectivity index (χ2v) is 6.66. The van der Waals surface area contributed by atoms with Gasteiger partial charge in [-0.25, -0.2) is 14.8 Å². The van der Waals surface area contributed by atoms with Gasteiger partial charge in [0.15, 0.2) is 0 Å². The molecule has 0 aliphatic carbocycles. The third-order valence-electron chi connectivity index (χ3n) is 3.82. The Morgan fingerprint density at radius 1 is 1.23 bits per heavy atom. The molecule has 120 valence electrons. The van der Waals surface area contributed by atoms with Crippen LogP contribution in [0.4, 0.5) is 16.4 Å². The van der Waals surface area contributed by atoms with E-state index in [4.69, 9.17) is 4.74 Å². The van der Waals surface area contributed by atoms with E-state index in [2.05, 4.69) is 20.2 Å². The maximum absolute atomic E-state index is 12.1. The van der Waals surface area contributed by atoms with E-state index < -0.39 is 5.60 Å². The summed E-state index contributed by atoms with van der Waals surface area (Å²) in [5.74, 6) is 1.94. The van der Waals surface area contributed by atoms with E-state index >= 15 is 0 Å². The SMILES string of the molecule is CC(C)(C)OC(=O)N1CCN(c2ncnc3c2CCN3)CC1. The van der Waals surface area contributed by atoms with Gasteiger partial charge in [0.2, 0.25) is 0 Å². The summed E-state index contributed by atoms with van der Waals surface area (Å²) < 4.78 is 5.42. The lowest BCUT2D eigenvalue weighted by Gasteiger charge is -2.36. The van der Waals surface area contributed by atoms with Crippen LogP contribution in [0.3, 0.4) is 0 Å². The Labute approximate surface area is 130 Å². The molecule has 22 heavy (non-hydrogen) atoms. The molecule has 3 heterocycles. The molecule has 3 rings (SSSR count). The maximum atomic E-state index is 12.1. The highest BCUT2D eigenvalue weighted by Gasteiger charge is 2.28. The average molecular weight is 305 g/mol. The number of carbonyl (C=O) groups is 1. The molecule has 1 amide bonds. The van der Waals surface area contributed by atoms with Crippen LogP contribution in [-0.2, 0) is 11.2 Å². The Bertz CT molecular complexity index is 562. The van der Waals surface area contributed by atoms with Crippen LogP contribution >= 0.6 is 0 Å². The molecule has 0 spiro atoms. The number of aromatic nitrogens is 2. The van der Waals surface area contributed by atoms with E-state index in [-0.39, 0.29) is 6.09 Å². The summed E-state index contributed by atoms with van der Waals surface area (Å²) in [4.78, 5) is 24.8. The topological polar surface area (TPSA) is 70.6 Å². The molecule has 7 heteroatoms. The van der Waals surface area contributed by atoms with Gasteiger partial charge in [-0.3, -0.25) is 0 Å². The van der Waals surface area contributed by atoms with E-state index in [0.717, 1.165) is 37.7 Å². The molecular weight excluding hydrogens is 282 g/mol. The fourth-order valence-corrected chi connectivity index (χ4v) is 2.79. The van der Waals surface area contributed by atoms with Crippen molar-refractivity contribution in [2.75, 3.05) is 42.9 Å². The Balaban J connectivity index is 1.63. The van der Waals surface area contributed by atoms with Crippen molar-refractivity contribution in [1.82, 2.24) is 14.9 Å². The van der Waals surface area contributed by atoms with Gasteiger partial charge >= 0.3 is 6.09 Å². The molecule has 1 aromatic rings. The lowest BCUT2D eigenvalue weighted by Crippen LogP contribution is -2.50. The summed E-state index contributed by atoms with van der Waals surface area (Å²) in [5, 5.41) is 3.27. The second kappa shape index (κ2) is 5.62. The normalized spacial score (nSPS) is 18.0. The summed E-state index contributed by atoms with van der Waals surface area (Å²) >= 11 is 0. The Hall–Kier alpha value is -2.05. The highest BCUT2D eigenvalue weighted by atomic mass is 16.6. The van der Waals surface area contributed by atoms with E-state index in [9.17, 15) is 4.79 Å². The van der Waals surface area contributed by atoms with Gasteiger partial charge in [-0.15, -0.1) is 0 Å². The molecule has 2 aliphatic heterocycles. The molecule has 0 saturated carbocycles. The number of nitrogens with one attached hydrogen (secondary N) is 1. The van der Waals surface area contributed by atoms with Crippen molar-refractivity contribution in [2.24, 2.45) is 0 Å². The van der Waals surface area contributed by atoms with Gasteiger partial charge in [0.1, 0.15) is 23.6 Å². The van der Waals surface area contributed by atoms with Crippen LogP contribution < -0.4 is 10.2 Å². The van der Waals surface area contributed by atoms with Crippen molar-refractivity contribution in [3.8, 4) is 0 Å². The van der Waals surface area contributed by atoms with Crippen molar-refractivity contribution in [1.29, 1.82) is 0 Å². The van der Waals surface area contributed by atoms with Crippen LogP contribution in [0.15, 0.2) is 6.33 Å². The third-order valence-corrected chi connectivity index (χ3v) is 3.82. The zero-order valence-electron chi connectivity index (χ0n) is 13.4. The number of amides is 1. The van der Waals surface area contributed by atoms with Crippen molar-refractivity contribution in [3.63, 3.8) is 0 Å². The highest BCUT2D eigenvalue weighted by Crippen LogP contribution is 2.28. The van der Waals surface area contributed by atoms with Crippen molar-refractivity contribution < 1.29 is 9.53 Å².